The highest BCUT2D eigenvalue weighted by Crippen LogP contribution is 2.34. The van der Waals surface area contributed by atoms with Crippen molar-refractivity contribution >= 4 is 27.5 Å². The molecule has 2 aromatic heterocycles. The summed E-state index contributed by atoms with van der Waals surface area (Å²) in [6, 6.07) is 10.2. The fourth-order valence-corrected chi connectivity index (χ4v) is 3.77. The predicted molar refractivity (Wildman–Crippen MR) is 108 cm³/mol. The van der Waals surface area contributed by atoms with Crippen LogP contribution < -0.4 is 5.32 Å². The highest BCUT2D eigenvalue weighted by molar-refractivity contribution is 9.10. The van der Waals surface area contributed by atoms with Crippen molar-refractivity contribution in [3.63, 3.8) is 0 Å². The molecule has 0 spiro atoms. The number of hydrogen-bond acceptors (Lipinski definition) is 3. The third-order valence-electron chi connectivity index (χ3n) is 3.95. The SMILES string of the molecule is CC(C)(C)CC(C)(C)Nc1c(-c2ccc(Br)cc2)nc2ncccn12. The normalized spacial score (nSPS) is 12.6. The maximum atomic E-state index is 4.77. The zero-order valence-electron chi connectivity index (χ0n) is 15.5. The Morgan fingerprint density at radius 3 is 2.40 bits per heavy atom. The standard InChI is InChI=1S/C20H25BrN4/c1-19(2,3)13-20(4,5)24-17-16(14-7-9-15(21)10-8-14)23-18-22-11-6-12-25(17)18/h6-12,24H,13H2,1-5H3. The average molecular weight is 401 g/mol. The lowest BCUT2D eigenvalue weighted by molar-refractivity contribution is 0.302. The van der Waals surface area contributed by atoms with Gasteiger partial charge in [0.05, 0.1) is 0 Å². The summed E-state index contributed by atoms with van der Waals surface area (Å²) in [5.74, 6) is 1.69. The van der Waals surface area contributed by atoms with E-state index >= 15 is 0 Å². The lowest BCUT2D eigenvalue weighted by Gasteiger charge is -2.34. The van der Waals surface area contributed by atoms with Gasteiger partial charge in [0.25, 0.3) is 0 Å². The topological polar surface area (TPSA) is 42.2 Å². The van der Waals surface area contributed by atoms with Crippen molar-refractivity contribution < 1.29 is 0 Å². The molecule has 0 saturated carbocycles. The number of benzene rings is 1. The first-order chi connectivity index (χ1) is 11.6. The molecule has 4 nitrogen and oxygen atoms in total. The van der Waals surface area contributed by atoms with Gasteiger partial charge in [-0.3, -0.25) is 4.40 Å². The van der Waals surface area contributed by atoms with Gasteiger partial charge in [-0.2, -0.15) is 0 Å². The van der Waals surface area contributed by atoms with Crippen LogP contribution in [-0.4, -0.2) is 19.9 Å². The fraction of sp³-hybridized carbons (Fsp3) is 0.400. The van der Waals surface area contributed by atoms with Gasteiger partial charge in [-0.1, -0.05) is 48.8 Å². The maximum Gasteiger partial charge on any atom is 0.235 e. The lowest BCUT2D eigenvalue weighted by Crippen LogP contribution is -2.36. The molecule has 0 amide bonds. The molecule has 0 unspecified atom stereocenters. The molecule has 0 atom stereocenters. The smallest absolute Gasteiger partial charge is 0.235 e. The first-order valence-corrected chi connectivity index (χ1v) is 9.31. The first kappa shape index (κ1) is 17.9. The zero-order valence-corrected chi connectivity index (χ0v) is 17.1. The van der Waals surface area contributed by atoms with Crippen LogP contribution >= 0.6 is 15.9 Å². The van der Waals surface area contributed by atoms with E-state index < -0.39 is 0 Å². The molecule has 1 N–H and O–H groups in total. The second-order valence-electron chi connectivity index (χ2n) is 8.35. The monoisotopic (exact) mass is 400 g/mol. The molecule has 0 aliphatic carbocycles. The number of hydrogen-bond donors (Lipinski definition) is 1. The number of rotatable bonds is 4. The Morgan fingerprint density at radius 1 is 1.08 bits per heavy atom. The van der Waals surface area contributed by atoms with Gasteiger partial charge in [0.15, 0.2) is 0 Å². The molecule has 25 heavy (non-hydrogen) atoms. The maximum absolute atomic E-state index is 4.77. The summed E-state index contributed by atoms with van der Waals surface area (Å²) in [5.41, 5.74) is 2.15. The van der Waals surface area contributed by atoms with Crippen LogP contribution in [0.15, 0.2) is 47.2 Å². The molecular weight excluding hydrogens is 376 g/mol. The van der Waals surface area contributed by atoms with E-state index in [4.69, 9.17) is 4.98 Å². The molecular formula is C20H25BrN4. The van der Waals surface area contributed by atoms with Gasteiger partial charge in [-0.15, -0.1) is 0 Å². The number of nitrogens with one attached hydrogen (secondary N) is 1. The van der Waals surface area contributed by atoms with Gasteiger partial charge in [0.1, 0.15) is 11.5 Å². The Bertz CT molecular complexity index is 873. The number of fused-ring (bicyclic) bond motifs is 1. The van der Waals surface area contributed by atoms with Gasteiger partial charge in [-0.05, 0) is 43.9 Å². The largest absolute Gasteiger partial charge is 0.364 e. The third kappa shape index (κ3) is 4.21. The Balaban J connectivity index is 2.09. The van der Waals surface area contributed by atoms with E-state index in [1.54, 1.807) is 6.20 Å². The molecule has 0 fully saturated rings. The van der Waals surface area contributed by atoms with Gasteiger partial charge in [0, 0.05) is 28.0 Å². The van der Waals surface area contributed by atoms with E-state index in [0.29, 0.717) is 5.78 Å². The number of imidazole rings is 1. The van der Waals surface area contributed by atoms with Crippen LogP contribution in [0, 0.1) is 5.41 Å². The van der Waals surface area contributed by atoms with E-state index in [0.717, 1.165) is 28.0 Å². The van der Waals surface area contributed by atoms with Crippen molar-refractivity contribution in [2.45, 2.75) is 46.6 Å². The molecule has 1 aromatic carbocycles. The Hall–Kier alpha value is -1.88. The minimum atomic E-state index is -0.0752. The van der Waals surface area contributed by atoms with Crippen molar-refractivity contribution in [1.82, 2.24) is 14.4 Å². The quantitative estimate of drug-likeness (QED) is 0.602. The molecule has 3 rings (SSSR count). The fourth-order valence-electron chi connectivity index (χ4n) is 3.51. The summed E-state index contributed by atoms with van der Waals surface area (Å²) in [5, 5.41) is 3.73. The van der Waals surface area contributed by atoms with Crippen molar-refractivity contribution in [1.29, 1.82) is 0 Å². The molecule has 3 aromatic rings. The third-order valence-corrected chi connectivity index (χ3v) is 4.48. The minimum absolute atomic E-state index is 0.0752. The number of halogens is 1. The molecule has 0 saturated heterocycles. The van der Waals surface area contributed by atoms with Crippen molar-refractivity contribution in [2.24, 2.45) is 5.41 Å². The van der Waals surface area contributed by atoms with Crippen LogP contribution in [0.1, 0.15) is 41.0 Å². The van der Waals surface area contributed by atoms with Gasteiger partial charge < -0.3 is 5.32 Å². The van der Waals surface area contributed by atoms with Gasteiger partial charge in [0.2, 0.25) is 5.78 Å². The van der Waals surface area contributed by atoms with Crippen LogP contribution in [0.25, 0.3) is 17.0 Å². The summed E-state index contributed by atoms with van der Waals surface area (Å²) < 4.78 is 3.09. The van der Waals surface area contributed by atoms with Crippen molar-refractivity contribution in [2.75, 3.05) is 5.32 Å². The Kier molecular flexibility index (Phi) is 4.62. The van der Waals surface area contributed by atoms with Crippen LogP contribution in [0.3, 0.4) is 0 Å². The molecule has 0 aliphatic heterocycles. The van der Waals surface area contributed by atoms with Crippen LogP contribution in [-0.2, 0) is 0 Å². The lowest BCUT2D eigenvalue weighted by atomic mass is 9.82. The number of nitrogens with zero attached hydrogens (tertiary/aromatic N) is 3. The Morgan fingerprint density at radius 2 is 1.76 bits per heavy atom. The van der Waals surface area contributed by atoms with Crippen LogP contribution in [0.4, 0.5) is 5.82 Å². The number of anilines is 1. The molecule has 0 bridgehead atoms. The highest BCUT2D eigenvalue weighted by Gasteiger charge is 2.28. The first-order valence-electron chi connectivity index (χ1n) is 8.52. The second kappa shape index (κ2) is 6.45. The molecule has 0 aliphatic rings. The second-order valence-corrected chi connectivity index (χ2v) is 9.27. The summed E-state index contributed by atoms with van der Waals surface area (Å²) in [6.45, 7) is 11.3. The molecule has 2 heterocycles. The molecule has 5 heteroatoms. The zero-order chi connectivity index (χ0) is 18.2. The predicted octanol–water partition coefficient (Wildman–Crippen LogP) is 5.79. The van der Waals surface area contributed by atoms with E-state index in [1.807, 2.05) is 28.8 Å². The van der Waals surface area contributed by atoms with E-state index in [2.05, 4.69) is 73.0 Å². The average Bonchev–Trinajstić information content (AvgIpc) is 2.84. The molecule has 0 radical (unpaired) electrons. The van der Waals surface area contributed by atoms with Crippen LogP contribution in [0.2, 0.25) is 0 Å². The summed E-state index contributed by atoms with van der Waals surface area (Å²) in [4.78, 5) is 9.18. The Labute approximate surface area is 157 Å². The summed E-state index contributed by atoms with van der Waals surface area (Å²) >= 11 is 3.50. The van der Waals surface area contributed by atoms with E-state index in [1.165, 1.54) is 0 Å². The van der Waals surface area contributed by atoms with E-state index in [-0.39, 0.29) is 11.0 Å². The minimum Gasteiger partial charge on any atom is -0.364 e. The van der Waals surface area contributed by atoms with Crippen LogP contribution in [0.5, 0.6) is 0 Å². The molecule has 132 valence electrons. The van der Waals surface area contributed by atoms with Crippen molar-refractivity contribution in [3.05, 3.63) is 47.2 Å². The summed E-state index contributed by atoms with van der Waals surface area (Å²) in [6.07, 6.45) is 4.82. The summed E-state index contributed by atoms with van der Waals surface area (Å²) in [7, 11) is 0. The highest BCUT2D eigenvalue weighted by atomic mass is 79.9. The number of aromatic nitrogens is 3. The van der Waals surface area contributed by atoms with Gasteiger partial charge >= 0.3 is 0 Å². The van der Waals surface area contributed by atoms with Crippen molar-refractivity contribution in [3.8, 4) is 11.3 Å². The van der Waals surface area contributed by atoms with E-state index in [9.17, 15) is 0 Å². The van der Waals surface area contributed by atoms with Gasteiger partial charge in [-0.25, -0.2) is 9.97 Å².